The Morgan fingerprint density at radius 3 is 2.07 bits per heavy atom. The van der Waals surface area contributed by atoms with Gasteiger partial charge in [0.1, 0.15) is 31.5 Å². The topological polar surface area (TPSA) is 157 Å². The predicted octanol–water partition coefficient (Wildman–Crippen LogP) is 6.78. The van der Waals surface area contributed by atoms with Gasteiger partial charge in [-0.05, 0) is 38.9 Å². The van der Waals surface area contributed by atoms with E-state index in [0.717, 1.165) is 38.9 Å². The van der Waals surface area contributed by atoms with Gasteiger partial charge in [0, 0.05) is 5.92 Å². The maximum atomic E-state index is 14.2. The van der Waals surface area contributed by atoms with E-state index in [1.807, 2.05) is 103 Å². The number of hydrogen-bond acceptors (Lipinski definition) is 12. The van der Waals surface area contributed by atoms with Crippen molar-refractivity contribution in [3.8, 4) is 11.1 Å². The van der Waals surface area contributed by atoms with Gasteiger partial charge in [0.25, 0.3) is 0 Å². The Hall–Kier alpha value is -4.85. The fraction of sp³-hybridized carbons (Fsp3) is 0.300. The summed E-state index contributed by atoms with van der Waals surface area (Å²) >= 11 is 0. The Balaban J connectivity index is 1.13. The fourth-order valence-corrected chi connectivity index (χ4v) is 8.12. The highest BCUT2D eigenvalue weighted by Gasteiger charge is 2.53. The second-order valence-corrected chi connectivity index (χ2v) is 14.4. The molecule has 0 spiro atoms. The van der Waals surface area contributed by atoms with Crippen LogP contribution in [0.4, 0.5) is 9.59 Å². The zero-order chi connectivity index (χ0) is 37.5. The lowest BCUT2D eigenvalue weighted by atomic mass is 9.97. The number of fused-ring (bicyclic) bond motifs is 4. The highest BCUT2D eigenvalue weighted by molar-refractivity contribution is 7.48. The summed E-state index contributed by atoms with van der Waals surface area (Å²) in [6, 6.07) is 30.8. The van der Waals surface area contributed by atoms with Crippen molar-refractivity contribution in [3.63, 3.8) is 0 Å². The molecular formula is C40H40NO12P. The molecule has 0 aromatic heterocycles. The van der Waals surface area contributed by atoms with Gasteiger partial charge in [0.2, 0.25) is 0 Å². The second kappa shape index (κ2) is 17.1. The van der Waals surface area contributed by atoms with Crippen molar-refractivity contribution in [3.05, 3.63) is 144 Å². The lowest BCUT2D eigenvalue weighted by molar-refractivity contribution is -0.255. The molecule has 0 bridgehead atoms. The highest BCUT2D eigenvalue weighted by atomic mass is 31.2. The van der Waals surface area contributed by atoms with Crippen LogP contribution in [0.5, 0.6) is 0 Å². The largest absolute Gasteiger partial charge is 0.509 e. The van der Waals surface area contributed by atoms with Crippen LogP contribution < -0.4 is 5.32 Å². The van der Waals surface area contributed by atoms with Gasteiger partial charge in [-0.25, -0.2) is 14.2 Å². The number of hydrogen-bond donors (Lipinski definition) is 2. The molecule has 1 aliphatic carbocycles. The molecule has 4 aromatic rings. The predicted molar refractivity (Wildman–Crippen MR) is 194 cm³/mol. The van der Waals surface area contributed by atoms with E-state index in [4.69, 9.17) is 37.3 Å². The van der Waals surface area contributed by atoms with E-state index in [1.165, 1.54) is 6.08 Å². The third-order valence-electron chi connectivity index (χ3n) is 9.36. The molecule has 54 heavy (non-hydrogen) atoms. The van der Waals surface area contributed by atoms with Crippen LogP contribution in [-0.4, -0.2) is 67.8 Å². The number of ether oxygens (including phenoxy) is 5. The summed E-state index contributed by atoms with van der Waals surface area (Å²) in [6.45, 7) is 3.03. The third-order valence-corrected chi connectivity index (χ3v) is 10.8. The maximum Gasteiger partial charge on any atom is 0.509 e. The van der Waals surface area contributed by atoms with Crippen LogP contribution >= 0.6 is 7.82 Å². The van der Waals surface area contributed by atoms with Gasteiger partial charge in [-0.2, -0.15) is 0 Å². The van der Waals surface area contributed by atoms with E-state index in [0.29, 0.717) is 0 Å². The van der Waals surface area contributed by atoms with E-state index in [1.54, 1.807) is 0 Å². The van der Waals surface area contributed by atoms with Crippen LogP contribution in [0.15, 0.2) is 116 Å². The van der Waals surface area contributed by atoms with Crippen LogP contribution in [0.1, 0.15) is 33.7 Å². The first-order valence-electron chi connectivity index (χ1n) is 17.5. The van der Waals surface area contributed by atoms with Crippen LogP contribution in [0, 0.1) is 0 Å². The molecule has 7 rings (SSSR count). The summed E-state index contributed by atoms with van der Waals surface area (Å²) in [5.41, 5.74) is 6.43. The molecule has 0 radical (unpaired) electrons. The van der Waals surface area contributed by atoms with Crippen LogP contribution in [-0.2, 0) is 61.6 Å². The molecule has 14 heteroatoms. The number of benzene rings is 4. The van der Waals surface area contributed by atoms with Gasteiger partial charge in [-0.1, -0.05) is 116 Å². The number of aliphatic hydroxyl groups excluding tert-OH is 1. The fourth-order valence-electron chi connectivity index (χ4n) is 6.77. The zero-order valence-corrected chi connectivity index (χ0v) is 30.1. The molecule has 282 valence electrons. The number of phosphoric ester groups is 1. The number of aliphatic hydroxyl groups is 1. The van der Waals surface area contributed by atoms with Crippen molar-refractivity contribution < 1.29 is 56.5 Å². The van der Waals surface area contributed by atoms with Gasteiger partial charge in [-0.15, -0.1) is 0 Å². The van der Waals surface area contributed by atoms with Crippen LogP contribution in [0.25, 0.3) is 11.1 Å². The number of alkyl carbamates (subject to hydrolysis) is 1. The molecule has 13 nitrogen and oxygen atoms in total. The van der Waals surface area contributed by atoms with Crippen molar-refractivity contribution in [2.45, 2.75) is 56.4 Å². The lowest BCUT2D eigenvalue weighted by Crippen LogP contribution is -2.66. The number of phosphoric acid groups is 1. The van der Waals surface area contributed by atoms with Crippen molar-refractivity contribution >= 4 is 20.1 Å². The average molecular weight is 758 g/mol. The number of amides is 1. The first-order chi connectivity index (χ1) is 26.3. The first kappa shape index (κ1) is 37.5. The third kappa shape index (κ3) is 8.59. The summed E-state index contributed by atoms with van der Waals surface area (Å²) in [4.78, 5) is 26.5. The number of nitrogens with one attached hydrogen (secondary N) is 1. The molecule has 1 amide bonds. The smallest absolute Gasteiger partial charge is 0.449 e. The monoisotopic (exact) mass is 757 g/mol. The highest BCUT2D eigenvalue weighted by Crippen LogP contribution is 2.55. The van der Waals surface area contributed by atoms with E-state index in [-0.39, 0.29) is 45.6 Å². The Bertz CT molecular complexity index is 1920. The summed E-state index contributed by atoms with van der Waals surface area (Å²) in [5.74, 6) is -0.252. The molecule has 2 aliphatic heterocycles. The van der Waals surface area contributed by atoms with Crippen molar-refractivity contribution in [2.24, 2.45) is 0 Å². The van der Waals surface area contributed by atoms with Crippen molar-refractivity contribution in [1.82, 2.24) is 5.32 Å². The molecule has 4 aromatic carbocycles. The van der Waals surface area contributed by atoms with Crippen LogP contribution in [0.2, 0.25) is 0 Å². The van der Waals surface area contributed by atoms with E-state index < -0.39 is 50.7 Å². The minimum Gasteiger partial charge on any atom is -0.449 e. The lowest BCUT2D eigenvalue weighted by Gasteiger charge is -2.44. The van der Waals surface area contributed by atoms with E-state index in [2.05, 4.69) is 11.9 Å². The Labute approximate surface area is 312 Å². The second-order valence-electron chi connectivity index (χ2n) is 12.8. The van der Waals surface area contributed by atoms with Gasteiger partial charge in [-0.3, -0.25) is 13.6 Å². The minimum absolute atomic E-state index is 0.0379. The van der Waals surface area contributed by atoms with Gasteiger partial charge >= 0.3 is 20.1 Å². The molecule has 2 N–H and O–H groups in total. The number of carbonyl (C=O) groups is 2. The van der Waals surface area contributed by atoms with Gasteiger partial charge in [0.05, 0.1) is 26.4 Å². The Morgan fingerprint density at radius 1 is 0.815 bits per heavy atom. The van der Waals surface area contributed by atoms with Crippen molar-refractivity contribution in [2.75, 3.05) is 19.8 Å². The van der Waals surface area contributed by atoms with E-state index >= 15 is 0 Å². The average Bonchev–Trinajstić information content (AvgIpc) is 3.41. The summed E-state index contributed by atoms with van der Waals surface area (Å²) in [7, 11) is -4.42. The summed E-state index contributed by atoms with van der Waals surface area (Å²) < 4.78 is 60.1. The molecule has 3 aliphatic rings. The van der Waals surface area contributed by atoms with Crippen molar-refractivity contribution in [1.29, 1.82) is 0 Å². The molecule has 2 unspecified atom stereocenters. The van der Waals surface area contributed by atoms with Crippen LogP contribution in [0.3, 0.4) is 0 Å². The maximum absolute atomic E-state index is 14.2. The molecule has 0 saturated carbocycles. The zero-order valence-electron chi connectivity index (χ0n) is 29.2. The molecular weight excluding hydrogens is 717 g/mol. The van der Waals surface area contributed by atoms with Gasteiger partial charge < -0.3 is 34.1 Å². The van der Waals surface area contributed by atoms with E-state index in [9.17, 15) is 19.3 Å². The molecule has 1 fully saturated rings. The summed E-state index contributed by atoms with van der Waals surface area (Å²) in [6.07, 6.45) is -6.87. The molecule has 5 atom stereocenters. The Kier molecular flexibility index (Phi) is 11.9. The van der Waals surface area contributed by atoms with Gasteiger partial charge in [0.15, 0.2) is 12.4 Å². The first-order valence-corrected chi connectivity index (χ1v) is 18.9. The standard InChI is InChI=1S/C40H40NO12P/c1-2-20-47-40(44)52-37-35(41-39(43)48-24-33-31-18-10-8-16-29(31)30-17-9-11-19-32(30)33)38(42)51-34(25-46-21-26-12-4-3-5-13-26)36(37)53-54(45)49-22-27-14-6-7-15-28(27)23-50-54/h2-19,33-38,42H,1,20-25H2,(H,41,43)/t34?,35?,36-,37-,38-/m1/s1. The Morgan fingerprint density at radius 2 is 1.43 bits per heavy atom. The molecule has 2 heterocycles. The minimum atomic E-state index is -4.42. The summed E-state index contributed by atoms with van der Waals surface area (Å²) in [5, 5.41) is 14.0. The number of carbonyl (C=O) groups excluding carboxylic acids is 2. The number of rotatable bonds is 12. The molecule has 1 saturated heterocycles. The SMILES string of the molecule is C=CCOC(=O)O[C@@H]1C(NC(=O)OCC2c3ccccc3-c3ccccc32)[C@H](O)OC(COCc2ccccc2)[C@H]1OP1(=O)OCc2ccccc2CO1. The normalized spacial score (nSPS) is 22.8. The quantitative estimate of drug-likeness (QED) is 0.0889.